The van der Waals surface area contributed by atoms with Crippen molar-refractivity contribution in [2.24, 2.45) is 0 Å². The highest BCUT2D eigenvalue weighted by Gasteiger charge is 2.25. The number of anilines is 1. The highest BCUT2D eigenvalue weighted by atomic mass is 32.2. The first-order valence-corrected chi connectivity index (χ1v) is 10.4. The summed E-state index contributed by atoms with van der Waals surface area (Å²) < 4.78 is 26.7. The Balaban J connectivity index is 1.65. The summed E-state index contributed by atoms with van der Waals surface area (Å²) in [7, 11) is -3.47. The van der Waals surface area contributed by atoms with E-state index in [-0.39, 0.29) is 17.2 Å². The van der Waals surface area contributed by atoms with Crippen molar-refractivity contribution in [2.75, 3.05) is 25.0 Å². The Morgan fingerprint density at radius 1 is 1.16 bits per heavy atom. The van der Waals surface area contributed by atoms with Crippen LogP contribution >= 0.6 is 11.3 Å². The number of aryl methyl sites for hydroxylation is 1. The molecule has 7 nitrogen and oxygen atoms in total. The fraction of sp³-hybridized carbons (Fsp3) is 0.438. The van der Waals surface area contributed by atoms with E-state index in [1.165, 1.54) is 27.8 Å². The van der Waals surface area contributed by atoms with Crippen molar-refractivity contribution in [3.8, 4) is 0 Å². The first kappa shape index (κ1) is 18.0. The van der Waals surface area contributed by atoms with Crippen molar-refractivity contribution in [1.29, 1.82) is 0 Å². The van der Waals surface area contributed by atoms with Crippen LogP contribution < -0.4 is 5.32 Å². The predicted molar refractivity (Wildman–Crippen MR) is 96.5 cm³/mol. The molecule has 0 aliphatic carbocycles. The third-order valence-electron chi connectivity index (χ3n) is 4.06. The lowest BCUT2D eigenvalue weighted by molar-refractivity contribution is 0.101. The van der Waals surface area contributed by atoms with Crippen LogP contribution in [0, 0.1) is 6.92 Å². The van der Waals surface area contributed by atoms with E-state index in [9.17, 15) is 13.2 Å². The molecule has 2 heterocycles. The minimum absolute atomic E-state index is 0.0901. The van der Waals surface area contributed by atoms with Gasteiger partial charge >= 0.3 is 0 Å². The van der Waals surface area contributed by atoms with Crippen molar-refractivity contribution >= 4 is 32.3 Å². The van der Waals surface area contributed by atoms with E-state index < -0.39 is 10.0 Å². The summed E-state index contributed by atoms with van der Waals surface area (Å²) in [5, 5.41) is 12.1. The minimum Gasteiger partial charge on any atom is -0.353 e. The summed E-state index contributed by atoms with van der Waals surface area (Å²) in [5.41, 5.74) is 0.464. The SMILES string of the molecule is Cc1nnc(NCC(=O)c2ccc(S(=O)(=O)N3CCCCC3)cc2)s1. The van der Waals surface area contributed by atoms with E-state index in [0.29, 0.717) is 23.8 Å². The standard InChI is InChI=1S/C16H20N4O3S2/c1-12-18-19-16(24-12)17-11-15(21)13-5-7-14(8-6-13)25(22,23)20-9-3-2-4-10-20/h5-8H,2-4,9-11H2,1H3,(H,17,19). The van der Waals surface area contributed by atoms with E-state index in [2.05, 4.69) is 15.5 Å². The van der Waals surface area contributed by atoms with Crippen LogP contribution in [-0.4, -0.2) is 48.3 Å². The number of sulfonamides is 1. The molecule has 134 valence electrons. The van der Waals surface area contributed by atoms with Crippen molar-refractivity contribution in [2.45, 2.75) is 31.1 Å². The summed E-state index contributed by atoms with van der Waals surface area (Å²) in [6.45, 7) is 3.06. The molecule has 0 bridgehead atoms. The van der Waals surface area contributed by atoms with Gasteiger partial charge in [-0.3, -0.25) is 4.79 Å². The molecule has 0 amide bonds. The second kappa shape index (κ2) is 7.59. The van der Waals surface area contributed by atoms with Crippen molar-refractivity contribution in [3.05, 3.63) is 34.8 Å². The van der Waals surface area contributed by atoms with Gasteiger partial charge in [0.25, 0.3) is 0 Å². The van der Waals surface area contributed by atoms with Crippen molar-refractivity contribution < 1.29 is 13.2 Å². The summed E-state index contributed by atoms with van der Waals surface area (Å²) in [6, 6.07) is 6.14. The van der Waals surface area contributed by atoms with Gasteiger partial charge in [-0.15, -0.1) is 10.2 Å². The second-order valence-electron chi connectivity index (χ2n) is 5.89. The predicted octanol–water partition coefficient (Wildman–Crippen LogP) is 2.32. The molecule has 0 spiro atoms. The Hall–Kier alpha value is -1.84. The molecular formula is C16H20N4O3S2. The fourth-order valence-electron chi connectivity index (χ4n) is 2.69. The Bertz CT molecular complexity index is 841. The average molecular weight is 380 g/mol. The van der Waals surface area contributed by atoms with Gasteiger partial charge < -0.3 is 5.32 Å². The van der Waals surface area contributed by atoms with E-state index in [1.54, 1.807) is 12.1 Å². The first-order valence-electron chi connectivity index (χ1n) is 8.14. The fourth-order valence-corrected chi connectivity index (χ4v) is 4.80. The van der Waals surface area contributed by atoms with Gasteiger partial charge in [-0.05, 0) is 44.0 Å². The number of ketones is 1. The molecule has 1 fully saturated rings. The van der Waals surface area contributed by atoms with Crippen LogP contribution in [0.15, 0.2) is 29.2 Å². The van der Waals surface area contributed by atoms with Crippen LogP contribution in [0.1, 0.15) is 34.6 Å². The molecule has 1 N–H and O–H groups in total. The van der Waals surface area contributed by atoms with Gasteiger partial charge in [0.2, 0.25) is 15.2 Å². The smallest absolute Gasteiger partial charge is 0.243 e. The molecule has 1 aromatic carbocycles. The van der Waals surface area contributed by atoms with Gasteiger partial charge in [-0.1, -0.05) is 17.8 Å². The number of Topliss-reactive ketones (excluding diaryl/α,β-unsaturated/α-hetero) is 1. The third kappa shape index (κ3) is 4.23. The van der Waals surface area contributed by atoms with Gasteiger partial charge in [-0.25, -0.2) is 8.42 Å². The van der Waals surface area contributed by atoms with Gasteiger partial charge in [0, 0.05) is 18.7 Å². The number of hydrogen-bond donors (Lipinski definition) is 1. The maximum absolute atomic E-state index is 12.6. The number of rotatable bonds is 6. The number of nitrogens with zero attached hydrogens (tertiary/aromatic N) is 3. The van der Waals surface area contributed by atoms with Crippen LogP contribution in [0.2, 0.25) is 0 Å². The van der Waals surface area contributed by atoms with Crippen LogP contribution in [0.3, 0.4) is 0 Å². The Kier molecular flexibility index (Phi) is 5.45. The normalized spacial score (nSPS) is 15.9. The van der Waals surface area contributed by atoms with Crippen LogP contribution in [-0.2, 0) is 10.0 Å². The number of piperidine rings is 1. The summed E-state index contributed by atoms with van der Waals surface area (Å²) in [4.78, 5) is 12.5. The molecular weight excluding hydrogens is 360 g/mol. The molecule has 25 heavy (non-hydrogen) atoms. The highest BCUT2D eigenvalue weighted by Crippen LogP contribution is 2.21. The van der Waals surface area contributed by atoms with Gasteiger partial charge in [0.05, 0.1) is 11.4 Å². The molecule has 1 aliphatic heterocycles. The lowest BCUT2D eigenvalue weighted by Crippen LogP contribution is -2.35. The van der Waals surface area contributed by atoms with Gasteiger partial charge in [0.1, 0.15) is 5.01 Å². The summed E-state index contributed by atoms with van der Waals surface area (Å²) in [6.07, 6.45) is 2.86. The van der Waals surface area contributed by atoms with Crippen LogP contribution in [0.25, 0.3) is 0 Å². The van der Waals surface area contributed by atoms with Gasteiger partial charge in [0.15, 0.2) is 5.78 Å². The number of nitrogens with one attached hydrogen (secondary N) is 1. The lowest BCUT2D eigenvalue weighted by atomic mass is 10.1. The number of aromatic nitrogens is 2. The largest absolute Gasteiger partial charge is 0.353 e. The molecule has 1 saturated heterocycles. The molecule has 3 rings (SSSR count). The first-order chi connectivity index (χ1) is 12.0. The second-order valence-corrected chi connectivity index (χ2v) is 9.01. The number of carbonyl (C=O) groups excluding carboxylic acids is 1. The number of carbonyl (C=O) groups is 1. The van der Waals surface area contributed by atoms with Crippen molar-refractivity contribution in [3.63, 3.8) is 0 Å². The zero-order chi connectivity index (χ0) is 17.9. The zero-order valence-corrected chi connectivity index (χ0v) is 15.6. The summed E-state index contributed by atoms with van der Waals surface area (Å²) in [5.74, 6) is -0.130. The molecule has 0 atom stereocenters. The van der Waals surface area contributed by atoms with Crippen LogP contribution in [0.4, 0.5) is 5.13 Å². The average Bonchev–Trinajstić information content (AvgIpc) is 3.06. The Labute approximate surface area is 151 Å². The maximum Gasteiger partial charge on any atom is 0.243 e. The monoisotopic (exact) mass is 380 g/mol. The molecule has 0 saturated carbocycles. The van der Waals surface area contributed by atoms with Crippen molar-refractivity contribution in [1.82, 2.24) is 14.5 Å². The minimum atomic E-state index is -3.47. The molecule has 0 radical (unpaired) electrons. The Morgan fingerprint density at radius 3 is 2.44 bits per heavy atom. The van der Waals surface area contributed by atoms with Gasteiger partial charge in [-0.2, -0.15) is 4.31 Å². The highest BCUT2D eigenvalue weighted by molar-refractivity contribution is 7.89. The van der Waals surface area contributed by atoms with E-state index in [4.69, 9.17) is 0 Å². The topological polar surface area (TPSA) is 92.3 Å². The maximum atomic E-state index is 12.6. The molecule has 2 aromatic rings. The number of benzene rings is 1. The zero-order valence-electron chi connectivity index (χ0n) is 13.9. The number of hydrogen-bond acceptors (Lipinski definition) is 7. The quantitative estimate of drug-likeness (QED) is 0.773. The van der Waals surface area contributed by atoms with Crippen LogP contribution in [0.5, 0.6) is 0 Å². The van der Waals surface area contributed by atoms with E-state index >= 15 is 0 Å². The third-order valence-corrected chi connectivity index (χ3v) is 6.76. The van der Waals surface area contributed by atoms with E-state index in [0.717, 1.165) is 24.3 Å². The summed E-state index contributed by atoms with van der Waals surface area (Å²) >= 11 is 1.38. The molecule has 1 aromatic heterocycles. The van der Waals surface area contributed by atoms with E-state index in [1.807, 2.05) is 6.92 Å². The molecule has 9 heteroatoms. The molecule has 1 aliphatic rings. The molecule has 0 unspecified atom stereocenters. The lowest BCUT2D eigenvalue weighted by Gasteiger charge is -2.25. The Morgan fingerprint density at radius 2 is 1.84 bits per heavy atom.